The van der Waals surface area contributed by atoms with Gasteiger partial charge in [0.1, 0.15) is 0 Å². The van der Waals surface area contributed by atoms with Gasteiger partial charge in [-0.25, -0.2) is 0 Å². The van der Waals surface area contributed by atoms with Gasteiger partial charge in [-0.2, -0.15) is 10.6 Å². The molecular weight excluding hydrogens is 176 g/mol. The predicted octanol–water partition coefficient (Wildman–Crippen LogP) is 4.53. The standard InChI is InChI=1S/C10H22N4/c1-2-3-4-5-6-7-8-9-10-12-14-13-11/h11H,2-10H2,1H3. The molecule has 0 aromatic heterocycles. The molecule has 14 heavy (non-hydrogen) atoms. The molecular formula is C10H22N4. The van der Waals surface area contributed by atoms with Crippen molar-refractivity contribution in [1.29, 1.82) is 5.53 Å². The molecule has 4 heteroatoms. The van der Waals surface area contributed by atoms with Gasteiger partial charge in [0, 0.05) is 0 Å². The lowest BCUT2D eigenvalue weighted by Gasteiger charge is -1.98. The zero-order chi connectivity index (χ0) is 10.5. The number of unbranched alkanes of at least 4 members (excludes halogenated alkanes) is 7. The minimum atomic E-state index is 0.720. The summed E-state index contributed by atoms with van der Waals surface area (Å²) in [4.78, 5) is 0. The molecule has 0 unspecified atom stereocenters. The third-order valence-corrected chi connectivity index (χ3v) is 2.22. The average Bonchev–Trinajstić information content (AvgIpc) is 2.21. The second-order valence-corrected chi connectivity index (χ2v) is 3.53. The topological polar surface area (TPSA) is 60.9 Å². The number of rotatable bonds is 10. The highest BCUT2D eigenvalue weighted by molar-refractivity contribution is 4.47. The van der Waals surface area contributed by atoms with Crippen molar-refractivity contribution >= 4 is 0 Å². The van der Waals surface area contributed by atoms with Gasteiger partial charge in [0.2, 0.25) is 0 Å². The first-order valence-electron chi connectivity index (χ1n) is 5.65. The smallest absolute Gasteiger partial charge is 0.0621 e. The summed E-state index contributed by atoms with van der Waals surface area (Å²) in [5, 5.41) is 9.77. The first-order chi connectivity index (χ1) is 6.91. The van der Waals surface area contributed by atoms with Gasteiger partial charge in [-0.15, -0.1) is 0 Å². The zero-order valence-corrected chi connectivity index (χ0v) is 9.21. The van der Waals surface area contributed by atoms with Gasteiger partial charge in [0.25, 0.3) is 0 Å². The van der Waals surface area contributed by atoms with Gasteiger partial charge < -0.3 is 0 Å². The summed E-state index contributed by atoms with van der Waals surface area (Å²) in [7, 11) is 0. The molecule has 0 saturated carbocycles. The van der Waals surface area contributed by atoms with Crippen LogP contribution in [0.3, 0.4) is 0 Å². The molecule has 82 valence electrons. The van der Waals surface area contributed by atoms with Gasteiger partial charge >= 0.3 is 0 Å². The van der Waals surface area contributed by atoms with Crippen molar-refractivity contribution in [3.8, 4) is 0 Å². The Morgan fingerprint density at radius 2 is 1.43 bits per heavy atom. The van der Waals surface area contributed by atoms with Crippen LogP contribution in [0.5, 0.6) is 0 Å². The van der Waals surface area contributed by atoms with Crippen LogP contribution in [-0.2, 0) is 0 Å². The van der Waals surface area contributed by atoms with Crippen molar-refractivity contribution in [3.63, 3.8) is 0 Å². The number of hydrogen-bond acceptors (Lipinski definition) is 2. The molecule has 0 amide bonds. The Labute approximate surface area is 86.7 Å². The number of hydrogen-bond donors (Lipinski definition) is 1. The van der Waals surface area contributed by atoms with Crippen molar-refractivity contribution < 1.29 is 0 Å². The second kappa shape index (κ2) is 12.2. The molecule has 0 bridgehead atoms. The van der Waals surface area contributed by atoms with Gasteiger partial charge in [-0.05, 0) is 16.9 Å². The van der Waals surface area contributed by atoms with Gasteiger partial charge in [-0.1, -0.05) is 51.9 Å². The largest absolute Gasteiger partial charge is 0.183 e. The third kappa shape index (κ3) is 11.2. The Morgan fingerprint density at radius 1 is 0.857 bits per heavy atom. The monoisotopic (exact) mass is 198 g/mol. The van der Waals surface area contributed by atoms with E-state index in [1.807, 2.05) is 0 Å². The van der Waals surface area contributed by atoms with E-state index in [4.69, 9.17) is 5.53 Å². The highest BCUT2D eigenvalue weighted by Gasteiger charge is 1.90. The molecule has 1 N–H and O–H groups in total. The lowest BCUT2D eigenvalue weighted by atomic mass is 10.1. The maximum atomic E-state index is 6.38. The summed E-state index contributed by atoms with van der Waals surface area (Å²) in [5.41, 5.74) is 6.38. The summed E-state index contributed by atoms with van der Waals surface area (Å²) in [5.74, 6) is 0. The van der Waals surface area contributed by atoms with Crippen LogP contribution in [-0.4, -0.2) is 6.54 Å². The Balaban J connectivity index is 2.91. The maximum Gasteiger partial charge on any atom is 0.0621 e. The average molecular weight is 198 g/mol. The van der Waals surface area contributed by atoms with E-state index in [9.17, 15) is 0 Å². The first kappa shape index (κ1) is 13.2. The van der Waals surface area contributed by atoms with E-state index in [0.29, 0.717) is 0 Å². The van der Waals surface area contributed by atoms with Crippen LogP contribution in [0.4, 0.5) is 0 Å². The summed E-state index contributed by atoms with van der Waals surface area (Å²) in [6.45, 7) is 2.96. The van der Waals surface area contributed by atoms with E-state index in [1.54, 1.807) is 0 Å². The van der Waals surface area contributed by atoms with E-state index < -0.39 is 0 Å². The van der Waals surface area contributed by atoms with Crippen LogP contribution in [0.1, 0.15) is 58.3 Å². The summed E-state index contributed by atoms with van der Waals surface area (Å²) in [6.07, 6.45) is 10.4. The molecule has 0 aliphatic rings. The van der Waals surface area contributed by atoms with Crippen LogP contribution in [0, 0.1) is 5.53 Å². The highest BCUT2D eigenvalue weighted by atomic mass is 15.4. The summed E-state index contributed by atoms with van der Waals surface area (Å²) in [6, 6.07) is 0. The third-order valence-electron chi connectivity index (χ3n) is 2.22. The number of nitrogens with zero attached hydrogens (tertiary/aromatic N) is 3. The molecule has 0 heterocycles. The molecule has 0 aliphatic carbocycles. The Hall–Kier alpha value is -0.800. The highest BCUT2D eigenvalue weighted by Crippen LogP contribution is 2.08. The van der Waals surface area contributed by atoms with Crippen LogP contribution in [0.15, 0.2) is 15.6 Å². The first-order valence-corrected chi connectivity index (χ1v) is 5.65. The Bertz CT molecular complexity index is 145. The van der Waals surface area contributed by atoms with Crippen LogP contribution < -0.4 is 0 Å². The van der Waals surface area contributed by atoms with Crippen molar-refractivity contribution in [2.75, 3.05) is 6.54 Å². The fourth-order valence-electron chi connectivity index (χ4n) is 1.39. The van der Waals surface area contributed by atoms with Crippen molar-refractivity contribution in [2.24, 2.45) is 15.6 Å². The Kier molecular flexibility index (Phi) is 11.5. The zero-order valence-electron chi connectivity index (χ0n) is 9.21. The second-order valence-electron chi connectivity index (χ2n) is 3.53. The van der Waals surface area contributed by atoms with Crippen LogP contribution >= 0.6 is 0 Å². The lowest BCUT2D eigenvalue weighted by molar-refractivity contribution is 0.575. The fraction of sp³-hybridized carbons (Fsp3) is 1.00. The molecule has 0 spiro atoms. The molecule has 0 aliphatic heterocycles. The SMILES string of the molecule is CCCCCCCCCCN=NN=N. The summed E-state index contributed by atoms with van der Waals surface area (Å²) >= 11 is 0. The van der Waals surface area contributed by atoms with E-state index in [0.717, 1.165) is 13.0 Å². The van der Waals surface area contributed by atoms with E-state index in [1.165, 1.54) is 44.9 Å². The van der Waals surface area contributed by atoms with Crippen molar-refractivity contribution in [2.45, 2.75) is 58.3 Å². The normalized spacial score (nSPS) is 10.9. The van der Waals surface area contributed by atoms with E-state index >= 15 is 0 Å². The predicted molar refractivity (Wildman–Crippen MR) is 57.5 cm³/mol. The van der Waals surface area contributed by atoms with E-state index in [-0.39, 0.29) is 0 Å². The molecule has 0 saturated heterocycles. The van der Waals surface area contributed by atoms with Crippen LogP contribution in [0.25, 0.3) is 0 Å². The summed E-state index contributed by atoms with van der Waals surface area (Å²) < 4.78 is 0. The lowest BCUT2D eigenvalue weighted by Crippen LogP contribution is -1.82. The van der Waals surface area contributed by atoms with E-state index in [2.05, 4.69) is 22.5 Å². The molecule has 0 radical (unpaired) electrons. The fourth-order valence-corrected chi connectivity index (χ4v) is 1.39. The quantitative estimate of drug-likeness (QED) is 0.304. The maximum absolute atomic E-state index is 6.38. The van der Waals surface area contributed by atoms with Gasteiger partial charge in [0.15, 0.2) is 0 Å². The minimum Gasteiger partial charge on any atom is -0.183 e. The molecule has 0 aromatic rings. The molecule has 4 nitrogen and oxygen atoms in total. The molecule has 0 aromatic carbocycles. The molecule has 0 rings (SSSR count). The van der Waals surface area contributed by atoms with Gasteiger partial charge in [-0.3, -0.25) is 0 Å². The van der Waals surface area contributed by atoms with Crippen LogP contribution in [0.2, 0.25) is 0 Å². The Morgan fingerprint density at radius 3 is 2.00 bits per heavy atom. The number of nitrogens with one attached hydrogen (secondary N) is 1. The van der Waals surface area contributed by atoms with Gasteiger partial charge in [0.05, 0.1) is 6.54 Å². The molecule has 0 atom stereocenters. The molecule has 0 fully saturated rings. The van der Waals surface area contributed by atoms with Crippen molar-refractivity contribution in [3.05, 3.63) is 0 Å². The van der Waals surface area contributed by atoms with Crippen molar-refractivity contribution in [1.82, 2.24) is 0 Å². The minimum absolute atomic E-state index is 0.720.